The summed E-state index contributed by atoms with van der Waals surface area (Å²) < 4.78 is 13.9. The molecule has 94 valence electrons. The molecule has 1 aliphatic heterocycles. The van der Waals surface area contributed by atoms with E-state index in [2.05, 4.69) is 11.5 Å². The molecular weight excluding hydrogens is 251 g/mol. The third-order valence-corrected chi connectivity index (χ3v) is 3.69. The molecule has 0 bridgehead atoms. The zero-order valence-electron chi connectivity index (χ0n) is 10.1. The molecule has 2 aliphatic rings. The first-order valence-corrected chi connectivity index (χ1v) is 6.47. The molecule has 1 aromatic carbocycles. The Morgan fingerprint density at radius 2 is 2.22 bits per heavy atom. The maximum atomic E-state index is 13.9. The number of hydrogen-bond donors (Lipinski definition) is 1. The number of nitrogens with one attached hydrogen (secondary N) is 1. The molecule has 4 heteroatoms. The van der Waals surface area contributed by atoms with E-state index in [4.69, 9.17) is 11.6 Å². The van der Waals surface area contributed by atoms with E-state index in [9.17, 15) is 4.39 Å². The Balaban J connectivity index is 2.02. The normalized spacial score (nSPS) is 18.6. The summed E-state index contributed by atoms with van der Waals surface area (Å²) in [6, 6.07) is 4.75. The monoisotopic (exact) mass is 264 g/mol. The Hall–Kier alpha value is -1.48. The van der Waals surface area contributed by atoms with Gasteiger partial charge < -0.3 is 0 Å². The number of halogens is 2. The third-order valence-electron chi connectivity index (χ3n) is 3.46. The van der Waals surface area contributed by atoms with E-state index in [-0.39, 0.29) is 5.82 Å². The molecule has 1 aromatic rings. The molecule has 1 N–H and O–H groups in total. The molecular formula is C14H14ClFN2. The van der Waals surface area contributed by atoms with Crippen LogP contribution in [0, 0.1) is 5.82 Å². The predicted molar refractivity (Wildman–Crippen MR) is 71.7 cm³/mol. The number of rotatable bonds is 1. The number of anilines is 1. The van der Waals surface area contributed by atoms with Gasteiger partial charge in [-0.15, -0.1) is 0 Å². The van der Waals surface area contributed by atoms with Gasteiger partial charge in [0.2, 0.25) is 0 Å². The van der Waals surface area contributed by atoms with Crippen LogP contribution in [0.4, 0.5) is 10.1 Å². The molecule has 0 fully saturated rings. The molecule has 0 saturated heterocycles. The Bertz CT molecular complexity index is 563. The zero-order chi connectivity index (χ0) is 12.7. The zero-order valence-corrected chi connectivity index (χ0v) is 10.9. The largest absolute Gasteiger partial charge is 0.294 e. The van der Waals surface area contributed by atoms with Gasteiger partial charge in [0.05, 0.1) is 11.4 Å². The van der Waals surface area contributed by atoms with Crippen molar-refractivity contribution in [3.63, 3.8) is 0 Å². The van der Waals surface area contributed by atoms with Crippen LogP contribution in [0.3, 0.4) is 0 Å². The van der Waals surface area contributed by atoms with Crippen molar-refractivity contribution in [1.82, 2.24) is 5.43 Å². The highest BCUT2D eigenvalue weighted by atomic mass is 35.5. The van der Waals surface area contributed by atoms with Crippen LogP contribution in [0.25, 0.3) is 0 Å². The van der Waals surface area contributed by atoms with Gasteiger partial charge in [-0.05, 0) is 50.0 Å². The van der Waals surface area contributed by atoms with Gasteiger partial charge in [-0.2, -0.15) is 0 Å². The number of fused-ring (bicyclic) bond motifs is 1. The van der Waals surface area contributed by atoms with E-state index in [0.29, 0.717) is 10.7 Å². The van der Waals surface area contributed by atoms with Crippen LogP contribution in [0.2, 0.25) is 5.02 Å². The highest BCUT2D eigenvalue weighted by Gasteiger charge is 2.27. The minimum Gasteiger partial charge on any atom is -0.294 e. The van der Waals surface area contributed by atoms with Crippen LogP contribution in [0.1, 0.15) is 26.2 Å². The van der Waals surface area contributed by atoms with Gasteiger partial charge >= 0.3 is 0 Å². The molecule has 3 rings (SSSR count). The first-order valence-electron chi connectivity index (χ1n) is 6.09. The summed E-state index contributed by atoms with van der Waals surface area (Å²) in [7, 11) is 0. The van der Waals surface area contributed by atoms with Crippen molar-refractivity contribution in [3.8, 4) is 0 Å². The van der Waals surface area contributed by atoms with Crippen LogP contribution in [0.15, 0.2) is 41.2 Å². The molecule has 18 heavy (non-hydrogen) atoms. The van der Waals surface area contributed by atoms with E-state index >= 15 is 0 Å². The Kier molecular flexibility index (Phi) is 2.78. The number of hydrogen-bond acceptors (Lipinski definition) is 2. The van der Waals surface area contributed by atoms with Crippen molar-refractivity contribution >= 4 is 17.3 Å². The SMILES string of the molecule is CC1=C2CCCC=C2NN1c1ccc(Cl)cc1F. The highest BCUT2D eigenvalue weighted by molar-refractivity contribution is 6.30. The third kappa shape index (κ3) is 1.79. The molecule has 0 atom stereocenters. The molecule has 1 aliphatic carbocycles. The Morgan fingerprint density at radius 1 is 1.39 bits per heavy atom. The second kappa shape index (κ2) is 4.32. The lowest BCUT2D eigenvalue weighted by atomic mass is 9.98. The fraction of sp³-hybridized carbons (Fsp3) is 0.286. The van der Waals surface area contributed by atoms with Crippen molar-refractivity contribution < 1.29 is 4.39 Å². The van der Waals surface area contributed by atoms with Crippen molar-refractivity contribution in [3.05, 3.63) is 52.1 Å². The fourth-order valence-corrected chi connectivity index (χ4v) is 2.67. The lowest BCUT2D eigenvalue weighted by molar-refractivity contribution is 0.619. The molecule has 0 unspecified atom stereocenters. The van der Waals surface area contributed by atoms with Gasteiger partial charge in [-0.1, -0.05) is 17.7 Å². The van der Waals surface area contributed by atoms with Crippen molar-refractivity contribution in [2.45, 2.75) is 26.2 Å². The highest BCUT2D eigenvalue weighted by Crippen LogP contribution is 2.35. The minimum absolute atomic E-state index is 0.311. The molecule has 0 spiro atoms. The van der Waals surface area contributed by atoms with Gasteiger partial charge in [-0.25, -0.2) is 4.39 Å². The molecule has 0 amide bonds. The van der Waals surface area contributed by atoms with E-state index in [1.54, 1.807) is 17.1 Å². The van der Waals surface area contributed by atoms with Crippen LogP contribution >= 0.6 is 11.6 Å². The van der Waals surface area contributed by atoms with Crippen molar-refractivity contribution in [2.24, 2.45) is 0 Å². The van der Waals surface area contributed by atoms with Gasteiger partial charge in [0, 0.05) is 10.7 Å². The molecule has 2 nitrogen and oxygen atoms in total. The van der Waals surface area contributed by atoms with Gasteiger partial charge in [-0.3, -0.25) is 10.4 Å². The minimum atomic E-state index is -0.311. The van der Waals surface area contributed by atoms with E-state index in [1.165, 1.54) is 11.6 Å². The second-order valence-corrected chi connectivity index (χ2v) is 5.05. The van der Waals surface area contributed by atoms with E-state index in [0.717, 1.165) is 30.7 Å². The molecule has 0 saturated carbocycles. The Morgan fingerprint density at radius 3 is 2.94 bits per heavy atom. The fourth-order valence-electron chi connectivity index (χ4n) is 2.51. The van der Waals surface area contributed by atoms with E-state index < -0.39 is 0 Å². The second-order valence-electron chi connectivity index (χ2n) is 4.62. The summed E-state index contributed by atoms with van der Waals surface area (Å²) in [6.07, 6.45) is 5.47. The van der Waals surface area contributed by atoms with Crippen molar-refractivity contribution in [2.75, 3.05) is 5.01 Å². The summed E-state index contributed by atoms with van der Waals surface area (Å²) in [4.78, 5) is 0. The van der Waals surface area contributed by atoms with E-state index in [1.807, 2.05) is 6.92 Å². The van der Waals surface area contributed by atoms with Crippen LogP contribution in [-0.2, 0) is 0 Å². The molecule has 1 heterocycles. The lowest BCUT2D eigenvalue weighted by Gasteiger charge is -2.21. The summed E-state index contributed by atoms with van der Waals surface area (Å²) >= 11 is 5.78. The Labute approximate surface area is 111 Å². The molecule has 0 aromatic heterocycles. The van der Waals surface area contributed by atoms with Gasteiger partial charge in [0.15, 0.2) is 0 Å². The number of allylic oxidation sites excluding steroid dienone is 3. The standard InChI is InChI=1S/C14H14ClFN2/c1-9-11-4-2-3-5-13(11)17-18(9)14-7-6-10(15)8-12(14)16/h5-8,17H,2-4H2,1H3. The van der Waals surface area contributed by atoms with Crippen molar-refractivity contribution in [1.29, 1.82) is 0 Å². The average molecular weight is 265 g/mol. The number of hydrazine groups is 1. The first kappa shape index (κ1) is 11.6. The topological polar surface area (TPSA) is 15.3 Å². The first-order chi connectivity index (χ1) is 8.66. The quantitative estimate of drug-likeness (QED) is 0.820. The van der Waals surface area contributed by atoms with Gasteiger partial charge in [0.25, 0.3) is 0 Å². The number of nitrogens with zero attached hydrogens (tertiary/aromatic N) is 1. The summed E-state index contributed by atoms with van der Waals surface area (Å²) in [5, 5.41) is 2.22. The van der Waals surface area contributed by atoms with Crippen LogP contribution in [0.5, 0.6) is 0 Å². The van der Waals surface area contributed by atoms with Crippen LogP contribution in [-0.4, -0.2) is 0 Å². The number of benzene rings is 1. The van der Waals surface area contributed by atoms with Crippen LogP contribution < -0.4 is 10.4 Å². The predicted octanol–water partition coefficient (Wildman–Crippen LogP) is 4.15. The van der Waals surface area contributed by atoms with Gasteiger partial charge in [0.1, 0.15) is 5.82 Å². The summed E-state index contributed by atoms with van der Waals surface area (Å²) in [5.41, 5.74) is 7.25. The molecule has 0 radical (unpaired) electrons. The maximum absolute atomic E-state index is 13.9. The summed E-state index contributed by atoms with van der Waals surface area (Å²) in [6.45, 7) is 2.02. The summed E-state index contributed by atoms with van der Waals surface area (Å²) in [5.74, 6) is -0.311. The average Bonchev–Trinajstić information content (AvgIpc) is 2.68. The maximum Gasteiger partial charge on any atom is 0.150 e. The lowest BCUT2D eigenvalue weighted by Crippen LogP contribution is -2.30. The smallest absolute Gasteiger partial charge is 0.150 e.